The van der Waals surface area contributed by atoms with Crippen molar-refractivity contribution in [1.29, 1.82) is 0 Å². The van der Waals surface area contributed by atoms with Gasteiger partial charge in [-0.1, -0.05) is 69.0 Å². The fourth-order valence-corrected chi connectivity index (χ4v) is 2.94. The van der Waals surface area contributed by atoms with Crippen LogP contribution >= 0.6 is 12.2 Å². The van der Waals surface area contributed by atoms with Gasteiger partial charge in [-0.25, -0.2) is 5.48 Å². The van der Waals surface area contributed by atoms with E-state index in [9.17, 15) is 4.79 Å². The second-order valence-corrected chi connectivity index (χ2v) is 7.11. The Bertz CT molecular complexity index is 321. The van der Waals surface area contributed by atoms with Crippen LogP contribution in [-0.2, 0) is 17.4 Å². The number of amides is 1. The van der Waals surface area contributed by atoms with Crippen molar-refractivity contribution in [3.05, 3.63) is 0 Å². The van der Waals surface area contributed by atoms with E-state index in [0.29, 0.717) is 23.7 Å². The second kappa shape index (κ2) is 19.9. The van der Waals surface area contributed by atoms with Crippen molar-refractivity contribution in [2.75, 3.05) is 13.1 Å². The quantitative estimate of drug-likeness (QED) is 0.111. The summed E-state index contributed by atoms with van der Waals surface area (Å²) in [5, 5.41) is 8.45. The zero-order valence-electron chi connectivity index (χ0n) is 15.5. The Balaban J connectivity index is 0. The first-order chi connectivity index (χ1) is 11.1. The molecule has 0 radical (unpaired) electrons. The number of rotatable bonds is 15. The molecule has 0 aromatic carbocycles. The van der Waals surface area contributed by atoms with Gasteiger partial charge in [-0.05, 0) is 12.8 Å². The van der Waals surface area contributed by atoms with Crippen LogP contribution in [0.1, 0.15) is 84.0 Å². The molecule has 0 aliphatic carbocycles. The van der Waals surface area contributed by atoms with Gasteiger partial charge < -0.3 is 29.7 Å². The van der Waals surface area contributed by atoms with Crippen molar-refractivity contribution < 1.29 is 39.6 Å². The van der Waals surface area contributed by atoms with Crippen molar-refractivity contribution >= 4 is 35.1 Å². The Kier molecular flexibility index (Phi) is 22.1. The van der Waals surface area contributed by atoms with Crippen LogP contribution in [0, 0.1) is 0 Å². The van der Waals surface area contributed by atoms with Gasteiger partial charge in [0.1, 0.15) is 0 Å². The van der Waals surface area contributed by atoms with Crippen LogP contribution in [0.15, 0.2) is 0 Å². The van der Waals surface area contributed by atoms with E-state index < -0.39 is 0 Å². The van der Waals surface area contributed by atoms with Gasteiger partial charge in [0, 0.05) is 19.5 Å². The van der Waals surface area contributed by atoms with E-state index in [1.807, 2.05) is 4.90 Å². The summed E-state index contributed by atoms with van der Waals surface area (Å²) in [5.74, 6) is -0.362. The number of carbonyl (C=O) groups excluding carboxylic acids is 1. The molecule has 0 saturated heterocycles. The molecule has 0 saturated carbocycles. The molecule has 136 valence electrons. The zero-order chi connectivity index (χ0) is 17.3. The molecule has 0 aliphatic rings. The summed E-state index contributed by atoms with van der Waals surface area (Å²) in [4.78, 5) is 13.0. The molecule has 0 aromatic heterocycles. The molecule has 1 amide bonds. The van der Waals surface area contributed by atoms with Gasteiger partial charge in [-0.2, -0.15) is 0 Å². The maximum absolute atomic E-state index is 11.0. The van der Waals surface area contributed by atoms with Gasteiger partial charge in [0.2, 0.25) is 5.91 Å². The summed E-state index contributed by atoms with van der Waals surface area (Å²) >= 11 is 10.2. The first-order valence-electron chi connectivity index (χ1n) is 9.00. The van der Waals surface area contributed by atoms with Crippen molar-refractivity contribution in [3.8, 4) is 0 Å². The van der Waals surface area contributed by atoms with Gasteiger partial charge in [0.25, 0.3) is 0 Å². The average Bonchev–Trinajstić information content (AvgIpc) is 2.54. The minimum Gasteiger partial charge on any atom is -0.411 e. The van der Waals surface area contributed by atoms with Crippen LogP contribution in [0.5, 0.6) is 0 Å². The third-order valence-electron chi connectivity index (χ3n) is 4.00. The maximum atomic E-state index is 11.0. The fourth-order valence-electron chi connectivity index (χ4n) is 2.57. The normalized spacial score (nSPS) is 10.1. The Morgan fingerprint density at radius 3 is 1.88 bits per heavy atom. The Hall–Kier alpha value is 0.540. The fraction of sp³-hybridized carbons (Fsp3) is 0.882. The standard InChI is InChI=1S/C17H34N2O2S2.Na/c1-2-3-4-5-6-7-8-9-10-11-14-19(17(22)23)15-12-13-16(20)18-21;/h21H,2-15H2,1H3,(H,18,20)(H,22,23);/q;+1/p-1. The molecule has 0 atom stereocenters. The van der Waals surface area contributed by atoms with Gasteiger partial charge >= 0.3 is 29.6 Å². The molecule has 0 aromatic rings. The molecule has 0 aliphatic heterocycles. The molecule has 2 N–H and O–H groups in total. The third-order valence-corrected chi connectivity index (χ3v) is 4.51. The van der Waals surface area contributed by atoms with Gasteiger partial charge in [0.15, 0.2) is 0 Å². The van der Waals surface area contributed by atoms with Gasteiger partial charge in [-0.15, -0.1) is 0 Å². The first-order valence-corrected chi connectivity index (χ1v) is 9.82. The van der Waals surface area contributed by atoms with Crippen LogP contribution in [0.2, 0.25) is 0 Å². The van der Waals surface area contributed by atoms with Gasteiger partial charge in [-0.3, -0.25) is 10.0 Å². The summed E-state index contributed by atoms with van der Waals surface area (Å²) in [5.41, 5.74) is 1.64. The SMILES string of the molecule is CCCCCCCCCCCCN(CCCC(=O)NO)C(=S)[S-].[Na+]. The maximum Gasteiger partial charge on any atom is 1.00 e. The summed E-state index contributed by atoms with van der Waals surface area (Å²) in [7, 11) is 0. The van der Waals surface area contributed by atoms with E-state index in [1.165, 1.54) is 57.8 Å². The average molecular weight is 385 g/mol. The number of hydrogen-bond donors (Lipinski definition) is 2. The van der Waals surface area contributed by atoms with Crippen LogP contribution in [0.3, 0.4) is 0 Å². The Labute approximate surface area is 181 Å². The van der Waals surface area contributed by atoms with E-state index in [0.717, 1.165) is 13.0 Å². The Morgan fingerprint density at radius 1 is 0.958 bits per heavy atom. The minimum atomic E-state index is -0.362. The second-order valence-electron chi connectivity index (χ2n) is 6.07. The predicted octanol–water partition coefficient (Wildman–Crippen LogP) is 1.33. The van der Waals surface area contributed by atoms with Crippen LogP contribution in [0.25, 0.3) is 0 Å². The molecular weight excluding hydrogens is 351 g/mol. The molecule has 0 rings (SSSR count). The van der Waals surface area contributed by atoms with E-state index in [2.05, 4.69) is 6.92 Å². The molecule has 0 bridgehead atoms. The van der Waals surface area contributed by atoms with Crippen molar-refractivity contribution in [1.82, 2.24) is 10.4 Å². The monoisotopic (exact) mass is 384 g/mol. The number of nitrogens with one attached hydrogen (secondary N) is 1. The number of nitrogens with zero attached hydrogens (tertiary/aromatic N) is 1. The number of hydroxylamine groups is 1. The topological polar surface area (TPSA) is 52.6 Å². The molecule has 0 fully saturated rings. The number of carbonyl (C=O) groups is 1. The molecule has 4 nitrogen and oxygen atoms in total. The van der Waals surface area contributed by atoms with Crippen molar-refractivity contribution in [2.24, 2.45) is 0 Å². The molecule has 0 unspecified atom stereocenters. The van der Waals surface area contributed by atoms with E-state index in [1.54, 1.807) is 5.48 Å². The van der Waals surface area contributed by atoms with E-state index >= 15 is 0 Å². The smallest absolute Gasteiger partial charge is 0.411 e. The van der Waals surface area contributed by atoms with Crippen LogP contribution in [-0.4, -0.2) is 33.4 Å². The number of unbranched alkanes of at least 4 members (excludes halogenated alkanes) is 9. The van der Waals surface area contributed by atoms with Crippen molar-refractivity contribution in [2.45, 2.75) is 84.0 Å². The van der Waals surface area contributed by atoms with E-state index in [-0.39, 0.29) is 35.5 Å². The third kappa shape index (κ3) is 17.4. The van der Waals surface area contributed by atoms with Gasteiger partial charge in [0.05, 0.1) is 0 Å². The van der Waals surface area contributed by atoms with Crippen LogP contribution < -0.4 is 35.0 Å². The Morgan fingerprint density at radius 2 is 1.42 bits per heavy atom. The largest absolute Gasteiger partial charge is 1.00 e. The molecule has 0 spiro atoms. The summed E-state index contributed by atoms with van der Waals surface area (Å²) in [6.07, 6.45) is 14.0. The van der Waals surface area contributed by atoms with E-state index in [4.69, 9.17) is 30.1 Å². The summed E-state index contributed by atoms with van der Waals surface area (Å²) < 4.78 is 0.477. The van der Waals surface area contributed by atoms with Crippen LogP contribution in [0.4, 0.5) is 0 Å². The number of hydrogen-bond acceptors (Lipinski definition) is 4. The number of thiocarbonyl (C=S) groups is 1. The molecule has 24 heavy (non-hydrogen) atoms. The molecule has 7 heteroatoms. The molecule has 0 heterocycles. The predicted molar refractivity (Wildman–Crippen MR) is 103 cm³/mol. The summed E-state index contributed by atoms with van der Waals surface area (Å²) in [6, 6.07) is 0. The van der Waals surface area contributed by atoms with Crippen molar-refractivity contribution in [3.63, 3.8) is 0 Å². The zero-order valence-corrected chi connectivity index (χ0v) is 19.2. The summed E-state index contributed by atoms with van der Waals surface area (Å²) in [6.45, 7) is 3.81. The molecular formula is C17H33N2NaO2S2. The first kappa shape index (κ1) is 26.8. The minimum absolute atomic E-state index is 0.